The van der Waals surface area contributed by atoms with Crippen molar-refractivity contribution in [1.29, 1.82) is 0 Å². The third-order valence-electron chi connectivity index (χ3n) is 3.92. The fourth-order valence-electron chi connectivity index (χ4n) is 2.41. The average Bonchev–Trinajstić information content (AvgIpc) is 2.61. The molecule has 3 nitrogen and oxygen atoms in total. The molecule has 1 atom stereocenters. The van der Waals surface area contributed by atoms with E-state index in [1.807, 2.05) is 42.5 Å². The second-order valence-electron chi connectivity index (χ2n) is 5.26. The maximum Gasteiger partial charge on any atom is 0.194 e. The molecule has 0 saturated carbocycles. The average molecular weight is 395 g/mol. The standard InChI is InChI=1S/C18H19BrO3S/c1-3-18(19,23(21,22)4-2)17(20)16-12-10-15(11-13-16)14-8-6-5-7-9-14/h5-13H,3-4H2,1-2H3/t18-/m1/s1. The van der Waals surface area contributed by atoms with Gasteiger partial charge in [-0.2, -0.15) is 0 Å². The van der Waals surface area contributed by atoms with Gasteiger partial charge in [-0.15, -0.1) is 0 Å². The minimum Gasteiger partial charge on any atom is -0.291 e. The molecule has 0 aromatic heterocycles. The molecule has 5 heteroatoms. The van der Waals surface area contributed by atoms with Crippen LogP contribution < -0.4 is 0 Å². The Balaban J connectivity index is 2.37. The molecular formula is C18H19BrO3S. The van der Waals surface area contributed by atoms with Gasteiger partial charge >= 0.3 is 0 Å². The summed E-state index contributed by atoms with van der Waals surface area (Å²) in [7, 11) is -3.55. The van der Waals surface area contributed by atoms with Crippen molar-refractivity contribution in [2.75, 3.05) is 5.75 Å². The molecule has 0 N–H and O–H groups in total. The molecule has 0 amide bonds. The van der Waals surface area contributed by atoms with Gasteiger partial charge < -0.3 is 0 Å². The number of benzene rings is 2. The van der Waals surface area contributed by atoms with Crippen LogP contribution in [0, 0.1) is 0 Å². The van der Waals surface area contributed by atoms with Crippen molar-refractivity contribution in [3.63, 3.8) is 0 Å². The molecule has 0 heterocycles. The number of alkyl halides is 1. The Morgan fingerprint density at radius 3 is 1.96 bits per heavy atom. The van der Waals surface area contributed by atoms with Crippen molar-refractivity contribution in [3.8, 4) is 11.1 Å². The maximum atomic E-state index is 12.7. The van der Waals surface area contributed by atoms with Gasteiger partial charge in [0.05, 0.1) is 0 Å². The lowest BCUT2D eigenvalue weighted by Crippen LogP contribution is -2.41. The van der Waals surface area contributed by atoms with Gasteiger partial charge in [-0.1, -0.05) is 84.4 Å². The first-order valence-corrected chi connectivity index (χ1v) is 9.91. The van der Waals surface area contributed by atoms with Crippen molar-refractivity contribution in [3.05, 3.63) is 60.2 Å². The van der Waals surface area contributed by atoms with Gasteiger partial charge in [0.2, 0.25) is 0 Å². The number of hydrogen-bond acceptors (Lipinski definition) is 3. The molecule has 0 aliphatic heterocycles. The maximum absolute atomic E-state index is 12.7. The van der Waals surface area contributed by atoms with Crippen molar-refractivity contribution in [2.45, 2.75) is 23.9 Å². The van der Waals surface area contributed by atoms with E-state index in [1.54, 1.807) is 26.0 Å². The largest absolute Gasteiger partial charge is 0.291 e. The van der Waals surface area contributed by atoms with E-state index in [4.69, 9.17) is 0 Å². The summed E-state index contributed by atoms with van der Waals surface area (Å²) >= 11 is 3.19. The summed E-state index contributed by atoms with van der Waals surface area (Å²) in [6.45, 7) is 3.24. The lowest BCUT2D eigenvalue weighted by molar-refractivity contribution is 0.0976. The lowest BCUT2D eigenvalue weighted by Gasteiger charge is -2.24. The zero-order valence-corrected chi connectivity index (χ0v) is 15.5. The molecule has 0 saturated heterocycles. The molecule has 0 fully saturated rings. The smallest absolute Gasteiger partial charge is 0.194 e. The Bertz CT molecular complexity index is 783. The minimum atomic E-state index is -3.55. The summed E-state index contributed by atoms with van der Waals surface area (Å²) in [5.74, 6) is -0.499. The van der Waals surface area contributed by atoms with Crippen LogP contribution in [-0.4, -0.2) is 23.6 Å². The fourth-order valence-corrected chi connectivity index (χ4v) is 4.62. The fraction of sp³-hybridized carbons (Fsp3) is 0.278. The van der Waals surface area contributed by atoms with Crippen molar-refractivity contribution >= 4 is 31.6 Å². The summed E-state index contributed by atoms with van der Waals surface area (Å²) in [5.41, 5.74) is 2.42. The van der Waals surface area contributed by atoms with Crippen LogP contribution in [0.4, 0.5) is 0 Å². The highest BCUT2D eigenvalue weighted by Gasteiger charge is 2.45. The molecule has 0 aliphatic rings. The van der Waals surface area contributed by atoms with Crippen LogP contribution in [0.3, 0.4) is 0 Å². The first-order valence-electron chi connectivity index (χ1n) is 7.47. The molecule has 0 radical (unpaired) electrons. The van der Waals surface area contributed by atoms with E-state index in [1.165, 1.54) is 0 Å². The molecule has 0 bridgehead atoms. The zero-order valence-electron chi connectivity index (χ0n) is 13.1. The summed E-state index contributed by atoms with van der Waals surface area (Å²) in [6.07, 6.45) is 0.183. The Kier molecular flexibility index (Phi) is 5.42. The number of hydrogen-bond donors (Lipinski definition) is 0. The molecule has 23 heavy (non-hydrogen) atoms. The molecule has 2 rings (SSSR count). The SMILES string of the molecule is CC[C@](Br)(C(=O)c1ccc(-c2ccccc2)cc1)S(=O)(=O)CC. The van der Waals surface area contributed by atoms with Crippen LogP contribution in [0.2, 0.25) is 0 Å². The van der Waals surface area contributed by atoms with Crippen molar-refractivity contribution in [2.24, 2.45) is 0 Å². The lowest BCUT2D eigenvalue weighted by atomic mass is 10.0. The molecule has 0 spiro atoms. The van der Waals surface area contributed by atoms with E-state index in [0.717, 1.165) is 11.1 Å². The van der Waals surface area contributed by atoms with Gasteiger partial charge in [0.15, 0.2) is 19.3 Å². The Hall–Kier alpha value is -1.46. The minimum absolute atomic E-state index is 0.0834. The van der Waals surface area contributed by atoms with Crippen LogP contribution >= 0.6 is 15.9 Å². The second-order valence-corrected chi connectivity index (χ2v) is 9.64. The Morgan fingerprint density at radius 1 is 0.957 bits per heavy atom. The highest BCUT2D eigenvalue weighted by Crippen LogP contribution is 2.34. The Morgan fingerprint density at radius 2 is 1.48 bits per heavy atom. The molecule has 2 aromatic carbocycles. The highest BCUT2D eigenvalue weighted by atomic mass is 79.9. The van der Waals surface area contributed by atoms with Crippen LogP contribution in [0.5, 0.6) is 0 Å². The second kappa shape index (κ2) is 6.97. The Labute approximate surface area is 145 Å². The van der Waals surface area contributed by atoms with Gasteiger partial charge in [0, 0.05) is 11.3 Å². The number of sulfone groups is 1. The van der Waals surface area contributed by atoms with E-state index >= 15 is 0 Å². The number of carbonyl (C=O) groups excluding carboxylic acids is 1. The van der Waals surface area contributed by atoms with E-state index in [2.05, 4.69) is 15.9 Å². The number of Topliss-reactive ketones (excluding diaryl/α,β-unsaturated/α-hetero) is 1. The van der Waals surface area contributed by atoms with E-state index in [9.17, 15) is 13.2 Å². The van der Waals surface area contributed by atoms with Gasteiger partial charge in [-0.25, -0.2) is 8.42 Å². The van der Waals surface area contributed by atoms with Crippen LogP contribution in [0.15, 0.2) is 54.6 Å². The van der Waals surface area contributed by atoms with Gasteiger partial charge in [-0.05, 0) is 17.5 Å². The van der Waals surface area contributed by atoms with Gasteiger partial charge in [-0.3, -0.25) is 4.79 Å². The molecule has 2 aromatic rings. The summed E-state index contributed by atoms with van der Waals surface area (Å²) < 4.78 is 23.0. The topological polar surface area (TPSA) is 51.2 Å². The van der Waals surface area contributed by atoms with Gasteiger partial charge in [0.1, 0.15) is 0 Å². The van der Waals surface area contributed by atoms with Crippen LogP contribution in [0.25, 0.3) is 11.1 Å². The normalized spacial score (nSPS) is 14.2. The number of carbonyl (C=O) groups is 1. The number of rotatable bonds is 6. The quantitative estimate of drug-likeness (QED) is 0.536. The van der Waals surface area contributed by atoms with E-state index in [-0.39, 0.29) is 12.2 Å². The molecular weight excluding hydrogens is 376 g/mol. The molecule has 122 valence electrons. The predicted molar refractivity (Wildman–Crippen MR) is 97.6 cm³/mol. The first kappa shape index (κ1) is 17.9. The highest BCUT2D eigenvalue weighted by molar-refractivity contribution is 9.12. The van der Waals surface area contributed by atoms with E-state index in [0.29, 0.717) is 5.56 Å². The van der Waals surface area contributed by atoms with Crippen molar-refractivity contribution < 1.29 is 13.2 Å². The first-order chi connectivity index (χ1) is 10.9. The molecule has 0 unspecified atom stereocenters. The predicted octanol–water partition coefficient (Wildman–Crippen LogP) is 4.47. The number of halogens is 1. The molecule has 0 aliphatic carbocycles. The van der Waals surface area contributed by atoms with Gasteiger partial charge in [0.25, 0.3) is 0 Å². The van der Waals surface area contributed by atoms with E-state index < -0.39 is 19.3 Å². The number of ketones is 1. The third-order valence-corrected chi connectivity index (χ3v) is 8.54. The van der Waals surface area contributed by atoms with Crippen LogP contribution in [-0.2, 0) is 9.84 Å². The summed E-state index contributed by atoms with van der Waals surface area (Å²) in [5, 5.41) is 0. The third kappa shape index (κ3) is 3.40. The van der Waals surface area contributed by atoms with Crippen molar-refractivity contribution in [1.82, 2.24) is 0 Å². The van der Waals surface area contributed by atoms with Crippen LogP contribution in [0.1, 0.15) is 30.6 Å². The summed E-state index contributed by atoms with van der Waals surface area (Å²) in [4.78, 5) is 12.7. The zero-order chi connectivity index (χ0) is 17.1. The monoisotopic (exact) mass is 394 g/mol. The summed E-state index contributed by atoms with van der Waals surface area (Å²) in [6, 6.07) is 16.8.